The Morgan fingerprint density at radius 3 is 2.43 bits per heavy atom. The average Bonchev–Trinajstić information content (AvgIpc) is 3.13. The standard InChI is InChI=1S/C26H29FN2O6/c1-33-19-8-9-20(21(16-19)34-2)23-22(24(30)17-4-6-18(27)7-5-17)25(31)26(32)29(23)11-3-10-28-12-14-35-15-13-28/h4-9,16,23,30H,3,10-15H2,1-2H3/t23-/m1/s1. The summed E-state index contributed by atoms with van der Waals surface area (Å²) in [7, 11) is 3.02. The summed E-state index contributed by atoms with van der Waals surface area (Å²) in [4.78, 5) is 30.1. The van der Waals surface area contributed by atoms with Crippen LogP contribution in [0, 0.1) is 5.82 Å². The molecule has 35 heavy (non-hydrogen) atoms. The number of carbonyl (C=O) groups excluding carboxylic acids is 2. The zero-order chi connectivity index (χ0) is 24.9. The minimum atomic E-state index is -0.870. The lowest BCUT2D eigenvalue weighted by atomic mass is 9.94. The minimum Gasteiger partial charge on any atom is -0.507 e. The van der Waals surface area contributed by atoms with Gasteiger partial charge < -0.3 is 24.2 Å². The van der Waals surface area contributed by atoms with Crippen molar-refractivity contribution in [1.82, 2.24) is 9.80 Å². The summed E-state index contributed by atoms with van der Waals surface area (Å²) in [5.41, 5.74) is 0.731. The van der Waals surface area contributed by atoms with Gasteiger partial charge in [0.25, 0.3) is 11.7 Å². The number of aliphatic hydroxyl groups excluding tert-OH is 1. The predicted molar refractivity (Wildman–Crippen MR) is 127 cm³/mol. The Morgan fingerprint density at radius 2 is 1.77 bits per heavy atom. The molecule has 186 valence electrons. The fourth-order valence-electron chi connectivity index (χ4n) is 4.53. The second kappa shape index (κ2) is 10.9. The quantitative estimate of drug-likeness (QED) is 0.350. The van der Waals surface area contributed by atoms with Crippen molar-refractivity contribution in [2.24, 2.45) is 0 Å². The number of nitrogens with zero attached hydrogens (tertiary/aromatic N) is 2. The van der Waals surface area contributed by atoms with Crippen LogP contribution in [0.4, 0.5) is 4.39 Å². The molecule has 2 saturated heterocycles. The van der Waals surface area contributed by atoms with Gasteiger partial charge in [0, 0.05) is 43.4 Å². The normalized spacial score (nSPS) is 20.3. The molecule has 2 aromatic rings. The number of ketones is 1. The van der Waals surface area contributed by atoms with Crippen LogP contribution in [0.1, 0.15) is 23.6 Å². The lowest BCUT2D eigenvalue weighted by molar-refractivity contribution is -0.140. The Balaban J connectivity index is 1.73. The first-order valence-corrected chi connectivity index (χ1v) is 11.5. The number of methoxy groups -OCH3 is 2. The summed E-state index contributed by atoms with van der Waals surface area (Å²) in [6, 6.07) is 9.36. The SMILES string of the molecule is COc1ccc([C@@H]2C(=C(O)c3ccc(F)cc3)C(=O)C(=O)N2CCCN2CCOCC2)c(OC)c1. The highest BCUT2D eigenvalue weighted by Gasteiger charge is 2.46. The van der Waals surface area contributed by atoms with Gasteiger partial charge in [-0.1, -0.05) is 0 Å². The molecule has 2 heterocycles. The van der Waals surface area contributed by atoms with Gasteiger partial charge in [0.2, 0.25) is 0 Å². The van der Waals surface area contributed by atoms with Crippen LogP contribution >= 0.6 is 0 Å². The van der Waals surface area contributed by atoms with Crippen LogP contribution in [0.15, 0.2) is 48.0 Å². The number of rotatable bonds is 8. The molecule has 2 fully saturated rings. The number of benzene rings is 2. The monoisotopic (exact) mass is 484 g/mol. The molecule has 1 N–H and O–H groups in total. The fourth-order valence-corrected chi connectivity index (χ4v) is 4.53. The number of amides is 1. The number of halogens is 1. The number of hydrogen-bond acceptors (Lipinski definition) is 7. The molecule has 2 aliphatic rings. The molecule has 2 aliphatic heterocycles. The van der Waals surface area contributed by atoms with E-state index in [1.54, 1.807) is 18.2 Å². The molecular weight excluding hydrogens is 455 g/mol. The topological polar surface area (TPSA) is 88.5 Å². The van der Waals surface area contributed by atoms with Crippen LogP contribution in [0.25, 0.3) is 5.76 Å². The van der Waals surface area contributed by atoms with Crippen molar-refractivity contribution >= 4 is 17.4 Å². The van der Waals surface area contributed by atoms with Crippen LogP contribution in [0.5, 0.6) is 11.5 Å². The Labute approximate surface area is 203 Å². The van der Waals surface area contributed by atoms with Gasteiger partial charge in [-0.25, -0.2) is 4.39 Å². The van der Waals surface area contributed by atoms with Gasteiger partial charge in [0.15, 0.2) is 0 Å². The molecule has 1 amide bonds. The van der Waals surface area contributed by atoms with E-state index in [-0.39, 0.29) is 16.9 Å². The Kier molecular flexibility index (Phi) is 7.67. The maximum atomic E-state index is 13.5. The second-order valence-electron chi connectivity index (χ2n) is 8.41. The molecular formula is C26H29FN2O6. The van der Waals surface area contributed by atoms with E-state index in [1.807, 2.05) is 0 Å². The molecule has 0 bridgehead atoms. The molecule has 9 heteroatoms. The van der Waals surface area contributed by atoms with Crippen LogP contribution in [-0.4, -0.2) is 80.2 Å². The van der Waals surface area contributed by atoms with Gasteiger partial charge in [0.05, 0.1) is 39.0 Å². The van der Waals surface area contributed by atoms with E-state index in [2.05, 4.69) is 4.90 Å². The Morgan fingerprint density at radius 1 is 1.06 bits per heavy atom. The number of Topliss-reactive ketones (excluding diaryl/α,β-unsaturated/α-hetero) is 1. The molecule has 0 aliphatic carbocycles. The zero-order valence-corrected chi connectivity index (χ0v) is 19.8. The zero-order valence-electron chi connectivity index (χ0n) is 19.8. The average molecular weight is 485 g/mol. The molecule has 0 aromatic heterocycles. The van der Waals surface area contributed by atoms with E-state index in [9.17, 15) is 19.1 Å². The highest BCUT2D eigenvalue weighted by atomic mass is 19.1. The summed E-state index contributed by atoms with van der Waals surface area (Å²) in [5.74, 6) is -1.35. The van der Waals surface area contributed by atoms with Gasteiger partial charge in [-0.2, -0.15) is 0 Å². The first kappa shape index (κ1) is 24.7. The van der Waals surface area contributed by atoms with Gasteiger partial charge in [-0.15, -0.1) is 0 Å². The number of likely N-dealkylation sites (tertiary alicyclic amines) is 1. The molecule has 8 nitrogen and oxygen atoms in total. The van der Waals surface area contributed by atoms with E-state index in [1.165, 1.54) is 43.4 Å². The highest BCUT2D eigenvalue weighted by Crippen LogP contribution is 2.43. The van der Waals surface area contributed by atoms with Crippen molar-refractivity contribution in [3.8, 4) is 11.5 Å². The van der Waals surface area contributed by atoms with Crippen molar-refractivity contribution in [2.75, 3.05) is 53.6 Å². The molecule has 0 spiro atoms. The van der Waals surface area contributed by atoms with Crippen molar-refractivity contribution < 1.29 is 33.3 Å². The van der Waals surface area contributed by atoms with Crippen molar-refractivity contribution in [3.63, 3.8) is 0 Å². The number of aliphatic hydroxyl groups is 1. The summed E-state index contributed by atoms with van der Waals surface area (Å²) in [6.45, 7) is 4.04. The van der Waals surface area contributed by atoms with E-state index in [0.717, 1.165) is 19.6 Å². The Hall–Kier alpha value is -3.43. The number of hydrogen-bond donors (Lipinski definition) is 1. The van der Waals surface area contributed by atoms with Crippen molar-refractivity contribution in [2.45, 2.75) is 12.5 Å². The summed E-state index contributed by atoms with van der Waals surface area (Å²) < 4.78 is 29.7. The molecule has 0 saturated carbocycles. The van der Waals surface area contributed by atoms with Crippen LogP contribution in [-0.2, 0) is 14.3 Å². The van der Waals surface area contributed by atoms with Crippen LogP contribution in [0.2, 0.25) is 0 Å². The smallest absolute Gasteiger partial charge is 0.295 e. The van der Waals surface area contributed by atoms with Gasteiger partial charge in [-0.3, -0.25) is 14.5 Å². The third-order valence-electron chi connectivity index (χ3n) is 6.37. The minimum absolute atomic E-state index is 0.0588. The van der Waals surface area contributed by atoms with Crippen molar-refractivity contribution in [3.05, 3.63) is 65.0 Å². The highest BCUT2D eigenvalue weighted by molar-refractivity contribution is 6.46. The first-order chi connectivity index (χ1) is 16.9. The molecule has 1 atom stereocenters. The molecule has 0 radical (unpaired) electrons. The predicted octanol–water partition coefficient (Wildman–Crippen LogP) is 2.99. The van der Waals surface area contributed by atoms with Gasteiger partial charge >= 0.3 is 0 Å². The van der Waals surface area contributed by atoms with Gasteiger partial charge in [-0.05, 0) is 42.8 Å². The number of carbonyl (C=O) groups is 2. The van der Waals surface area contributed by atoms with E-state index in [4.69, 9.17) is 14.2 Å². The van der Waals surface area contributed by atoms with Gasteiger partial charge in [0.1, 0.15) is 23.1 Å². The first-order valence-electron chi connectivity index (χ1n) is 11.5. The third kappa shape index (κ3) is 5.16. The number of ether oxygens (including phenoxy) is 3. The largest absolute Gasteiger partial charge is 0.507 e. The van der Waals surface area contributed by atoms with Crippen LogP contribution in [0.3, 0.4) is 0 Å². The van der Waals surface area contributed by atoms with Crippen LogP contribution < -0.4 is 9.47 Å². The lowest BCUT2D eigenvalue weighted by Gasteiger charge is -2.29. The Bertz CT molecular complexity index is 1110. The van der Waals surface area contributed by atoms with E-state index >= 15 is 0 Å². The third-order valence-corrected chi connectivity index (χ3v) is 6.37. The van der Waals surface area contributed by atoms with Crippen molar-refractivity contribution in [1.29, 1.82) is 0 Å². The fraction of sp³-hybridized carbons (Fsp3) is 0.385. The molecule has 2 aromatic carbocycles. The molecule has 4 rings (SSSR count). The summed E-state index contributed by atoms with van der Waals surface area (Å²) in [5, 5.41) is 11.1. The van der Waals surface area contributed by atoms with E-state index < -0.39 is 23.5 Å². The lowest BCUT2D eigenvalue weighted by Crippen LogP contribution is -2.39. The maximum Gasteiger partial charge on any atom is 0.295 e. The second-order valence-corrected chi connectivity index (χ2v) is 8.41. The molecule has 0 unspecified atom stereocenters. The van der Waals surface area contributed by atoms with E-state index in [0.29, 0.717) is 43.2 Å². The maximum absolute atomic E-state index is 13.5. The number of morpholine rings is 1. The summed E-state index contributed by atoms with van der Waals surface area (Å²) in [6.07, 6.45) is 0.637. The summed E-state index contributed by atoms with van der Waals surface area (Å²) >= 11 is 0.